The molecule has 1 aromatic rings. The molecule has 0 spiro atoms. The minimum absolute atomic E-state index is 0.0811. The molecule has 0 bridgehead atoms. The van der Waals surface area contributed by atoms with Crippen molar-refractivity contribution in [3.63, 3.8) is 0 Å². The summed E-state index contributed by atoms with van der Waals surface area (Å²) in [6.07, 6.45) is 0.474. The van der Waals surface area contributed by atoms with Crippen molar-refractivity contribution in [3.05, 3.63) is 23.3 Å². The number of benzene rings is 1. The number of rotatable bonds is 4. The maximum absolute atomic E-state index is 11.6. The third-order valence-electron chi connectivity index (χ3n) is 2.40. The lowest BCUT2D eigenvalue weighted by Gasteiger charge is -2.13. The number of methoxy groups -OCH3 is 2. The number of carbonyl (C=O) groups excluding carboxylic acids is 1. The van der Waals surface area contributed by atoms with Gasteiger partial charge in [-0.3, -0.25) is 4.79 Å². The van der Waals surface area contributed by atoms with Gasteiger partial charge in [0.05, 0.1) is 19.8 Å². The first-order chi connectivity index (χ1) is 7.15. The van der Waals surface area contributed by atoms with Gasteiger partial charge in [-0.2, -0.15) is 0 Å². The third-order valence-corrected chi connectivity index (χ3v) is 2.40. The summed E-state index contributed by atoms with van der Waals surface area (Å²) < 4.78 is 10.4. The topological polar surface area (TPSA) is 35.5 Å². The largest absolute Gasteiger partial charge is 0.496 e. The van der Waals surface area contributed by atoms with Crippen LogP contribution >= 0.6 is 0 Å². The molecule has 0 fully saturated rings. The molecule has 82 valence electrons. The van der Waals surface area contributed by atoms with Crippen LogP contribution in [0.25, 0.3) is 0 Å². The SMILES string of the molecule is CCC(=O)c1ccc(OC)c(C)c1OC. The highest BCUT2D eigenvalue weighted by Gasteiger charge is 2.15. The summed E-state index contributed by atoms with van der Waals surface area (Å²) in [4.78, 5) is 11.6. The lowest BCUT2D eigenvalue weighted by molar-refractivity contribution is 0.0985. The van der Waals surface area contributed by atoms with Crippen molar-refractivity contribution < 1.29 is 14.3 Å². The summed E-state index contributed by atoms with van der Waals surface area (Å²) in [5, 5.41) is 0. The molecule has 0 unspecified atom stereocenters. The van der Waals surface area contributed by atoms with Gasteiger partial charge in [0.2, 0.25) is 0 Å². The number of hydrogen-bond acceptors (Lipinski definition) is 3. The molecular formula is C12H16O3. The van der Waals surface area contributed by atoms with Crippen LogP contribution in [0, 0.1) is 6.92 Å². The van der Waals surface area contributed by atoms with E-state index in [9.17, 15) is 4.79 Å². The molecular weight excluding hydrogens is 192 g/mol. The van der Waals surface area contributed by atoms with Crippen LogP contribution in [-0.4, -0.2) is 20.0 Å². The molecule has 0 aliphatic heterocycles. The second kappa shape index (κ2) is 4.82. The number of ketones is 1. The van der Waals surface area contributed by atoms with Crippen LogP contribution in [0.4, 0.5) is 0 Å². The Morgan fingerprint density at radius 2 is 1.93 bits per heavy atom. The molecule has 0 radical (unpaired) electrons. The van der Waals surface area contributed by atoms with E-state index in [-0.39, 0.29) is 5.78 Å². The van der Waals surface area contributed by atoms with Crippen LogP contribution in [-0.2, 0) is 0 Å². The van der Waals surface area contributed by atoms with E-state index in [0.717, 1.165) is 11.3 Å². The molecule has 0 heterocycles. The maximum Gasteiger partial charge on any atom is 0.166 e. The van der Waals surface area contributed by atoms with Gasteiger partial charge in [0.15, 0.2) is 5.78 Å². The van der Waals surface area contributed by atoms with Gasteiger partial charge in [-0.1, -0.05) is 6.92 Å². The van der Waals surface area contributed by atoms with Crippen LogP contribution in [0.5, 0.6) is 11.5 Å². The number of Topliss-reactive ketones (excluding diaryl/α,β-unsaturated/α-hetero) is 1. The third kappa shape index (κ3) is 2.12. The summed E-state index contributed by atoms with van der Waals surface area (Å²) in [6, 6.07) is 3.54. The summed E-state index contributed by atoms with van der Waals surface area (Å²) in [7, 11) is 3.16. The first-order valence-electron chi connectivity index (χ1n) is 4.90. The van der Waals surface area contributed by atoms with E-state index in [1.807, 2.05) is 13.8 Å². The van der Waals surface area contributed by atoms with Gasteiger partial charge in [0, 0.05) is 12.0 Å². The summed E-state index contributed by atoms with van der Waals surface area (Å²) in [5.74, 6) is 1.43. The first kappa shape index (κ1) is 11.6. The second-order valence-electron chi connectivity index (χ2n) is 3.25. The minimum atomic E-state index is 0.0811. The van der Waals surface area contributed by atoms with Gasteiger partial charge >= 0.3 is 0 Å². The van der Waals surface area contributed by atoms with Crippen molar-refractivity contribution in [2.45, 2.75) is 20.3 Å². The van der Waals surface area contributed by atoms with Crippen LogP contribution in [0.2, 0.25) is 0 Å². The quantitative estimate of drug-likeness (QED) is 0.713. The Bertz CT molecular complexity index is 369. The van der Waals surface area contributed by atoms with Gasteiger partial charge in [-0.15, -0.1) is 0 Å². The van der Waals surface area contributed by atoms with Crippen LogP contribution in [0.1, 0.15) is 29.3 Å². The molecule has 0 saturated heterocycles. The summed E-state index contributed by atoms with van der Waals surface area (Å²) in [5.41, 5.74) is 1.48. The van der Waals surface area contributed by atoms with Crippen LogP contribution in [0.3, 0.4) is 0 Å². The number of carbonyl (C=O) groups is 1. The van der Waals surface area contributed by atoms with Gasteiger partial charge in [0.1, 0.15) is 11.5 Å². The molecule has 0 aliphatic carbocycles. The molecule has 0 aliphatic rings. The predicted molar refractivity (Wildman–Crippen MR) is 58.9 cm³/mol. The van der Waals surface area contributed by atoms with E-state index >= 15 is 0 Å². The lowest BCUT2D eigenvalue weighted by atomic mass is 10.0. The summed E-state index contributed by atoms with van der Waals surface area (Å²) in [6.45, 7) is 3.71. The monoisotopic (exact) mass is 208 g/mol. The zero-order valence-electron chi connectivity index (χ0n) is 9.59. The Morgan fingerprint density at radius 3 is 2.40 bits per heavy atom. The molecule has 3 heteroatoms. The molecule has 0 amide bonds. The number of hydrogen-bond donors (Lipinski definition) is 0. The van der Waals surface area contributed by atoms with E-state index in [2.05, 4.69) is 0 Å². The highest BCUT2D eigenvalue weighted by atomic mass is 16.5. The van der Waals surface area contributed by atoms with E-state index in [1.54, 1.807) is 26.4 Å². The molecule has 15 heavy (non-hydrogen) atoms. The Hall–Kier alpha value is -1.51. The highest BCUT2D eigenvalue weighted by molar-refractivity contribution is 5.99. The Kier molecular flexibility index (Phi) is 3.72. The number of ether oxygens (including phenoxy) is 2. The Labute approximate surface area is 90.0 Å². The van der Waals surface area contributed by atoms with E-state index in [0.29, 0.717) is 17.7 Å². The fraction of sp³-hybridized carbons (Fsp3) is 0.417. The van der Waals surface area contributed by atoms with Crippen molar-refractivity contribution >= 4 is 5.78 Å². The normalized spacial score (nSPS) is 9.87. The summed E-state index contributed by atoms with van der Waals surface area (Å²) >= 11 is 0. The average molecular weight is 208 g/mol. The van der Waals surface area contributed by atoms with Crippen molar-refractivity contribution in [2.75, 3.05) is 14.2 Å². The van der Waals surface area contributed by atoms with Gasteiger partial charge in [0.25, 0.3) is 0 Å². The van der Waals surface area contributed by atoms with Gasteiger partial charge < -0.3 is 9.47 Å². The molecule has 0 N–H and O–H groups in total. The predicted octanol–water partition coefficient (Wildman–Crippen LogP) is 2.60. The van der Waals surface area contributed by atoms with Crippen LogP contribution in [0.15, 0.2) is 12.1 Å². The molecule has 0 atom stereocenters. The Morgan fingerprint density at radius 1 is 1.27 bits per heavy atom. The van der Waals surface area contributed by atoms with Crippen molar-refractivity contribution in [3.8, 4) is 11.5 Å². The molecule has 0 aromatic heterocycles. The second-order valence-corrected chi connectivity index (χ2v) is 3.25. The van der Waals surface area contributed by atoms with Gasteiger partial charge in [-0.25, -0.2) is 0 Å². The fourth-order valence-corrected chi connectivity index (χ4v) is 1.57. The van der Waals surface area contributed by atoms with E-state index in [4.69, 9.17) is 9.47 Å². The highest BCUT2D eigenvalue weighted by Crippen LogP contribution is 2.31. The first-order valence-corrected chi connectivity index (χ1v) is 4.90. The average Bonchev–Trinajstić information content (AvgIpc) is 2.27. The van der Waals surface area contributed by atoms with Crippen molar-refractivity contribution in [1.29, 1.82) is 0 Å². The molecule has 1 aromatic carbocycles. The standard InChI is InChI=1S/C12H16O3/c1-5-10(13)9-6-7-11(14-3)8(2)12(9)15-4/h6-7H,5H2,1-4H3. The smallest absolute Gasteiger partial charge is 0.166 e. The van der Waals surface area contributed by atoms with Gasteiger partial charge in [-0.05, 0) is 19.1 Å². The van der Waals surface area contributed by atoms with Crippen molar-refractivity contribution in [1.82, 2.24) is 0 Å². The maximum atomic E-state index is 11.6. The molecule has 3 nitrogen and oxygen atoms in total. The molecule has 1 rings (SSSR count). The van der Waals surface area contributed by atoms with E-state index < -0.39 is 0 Å². The Balaban J connectivity index is 3.30. The molecule has 0 saturated carbocycles. The minimum Gasteiger partial charge on any atom is -0.496 e. The van der Waals surface area contributed by atoms with Crippen molar-refractivity contribution in [2.24, 2.45) is 0 Å². The zero-order chi connectivity index (χ0) is 11.4. The fourth-order valence-electron chi connectivity index (χ4n) is 1.57. The lowest BCUT2D eigenvalue weighted by Crippen LogP contribution is -2.03. The zero-order valence-corrected chi connectivity index (χ0v) is 9.59. The van der Waals surface area contributed by atoms with Crippen LogP contribution < -0.4 is 9.47 Å². The van der Waals surface area contributed by atoms with E-state index in [1.165, 1.54) is 0 Å².